The van der Waals surface area contributed by atoms with Crippen LogP contribution in [0.25, 0.3) is 6.08 Å². The number of benzene rings is 2. The summed E-state index contributed by atoms with van der Waals surface area (Å²) in [4.78, 5) is 12.2. The number of halogens is 3. The average molecular weight is 428 g/mol. The summed E-state index contributed by atoms with van der Waals surface area (Å²) in [7, 11) is -3.57. The fraction of sp³-hybridized carbons (Fsp3) is 0.211. The van der Waals surface area contributed by atoms with Gasteiger partial charge in [-0.15, -0.1) is 0 Å². The average Bonchev–Trinajstić information content (AvgIpc) is 2.65. The van der Waals surface area contributed by atoms with E-state index in [1.54, 1.807) is 13.0 Å². The molecule has 2 rings (SSSR count). The molecule has 0 spiro atoms. The lowest BCUT2D eigenvalue weighted by Crippen LogP contribution is -2.22. The van der Waals surface area contributed by atoms with Crippen LogP contribution in [-0.2, 0) is 14.8 Å². The molecule has 10 heteroatoms. The van der Waals surface area contributed by atoms with E-state index in [0.717, 1.165) is 0 Å². The zero-order chi connectivity index (χ0) is 21.5. The SMILES string of the molecule is CCNS(=O)(=O)c1ccc(/C=C/C(=O)Nc2ccccc2OCC(F)(F)F)cc1. The van der Waals surface area contributed by atoms with E-state index < -0.39 is 28.7 Å². The van der Waals surface area contributed by atoms with Crippen molar-refractivity contribution >= 4 is 27.7 Å². The number of amides is 1. The Hall–Kier alpha value is -2.85. The molecule has 6 nitrogen and oxygen atoms in total. The largest absolute Gasteiger partial charge is 0.482 e. The van der Waals surface area contributed by atoms with E-state index in [9.17, 15) is 26.4 Å². The van der Waals surface area contributed by atoms with E-state index in [-0.39, 0.29) is 22.9 Å². The van der Waals surface area contributed by atoms with Crippen LogP contribution in [0.4, 0.5) is 18.9 Å². The molecule has 29 heavy (non-hydrogen) atoms. The Bertz CT molecular complexity index is 972. The predicted octanol–water partition coefficient (Wildman–Crippen LogP) is 3.58. The molecular formula is C19H19F3N2O4S. The molecule has 2 N–H and O–H groups in total. The first kappa shape index (κ1) is 22.4. The van der Waals surface area contributed by atoms with E-state index in [0.29, 0.717) is 5.56 Å². The molecule has 2 aromatic rings. The number of ether oxygens (including phenoxy) is 1. The standard InChI is InChI=1S/C19H19F3N2O4S/c1-2-23-29(26,27)15-10-7-14(8-11-15)9-12-18(25)24-16-5-3-4-6-17(16)28-13-19(20,21)22/h3-12,23H,2,13H2,1H3,(H,24,25)/b12-9+. The highest BCUT2D eigenvalue weighted by molar-refractivity contribution is 7.89. The number of hydrogen-bond acceptors (Lipinski definition) is 4. The molecule has 1 amide bonds. The predicted molar refractivity (Wildman–Crippen MR) is 103 cm³/mol. The molecule has 156 valence electrons. The van der Waals surface area contributed by atoms with Crippen molar-refractivity contribution in [2.45, 2.75) is 18.0 Å². The van der Waals surface area contributed by atoms with Crippen LogP contribution >= 0.6 is 0 Å². The van der Waals surface area contributed by atoms with Gasteiger partial charge in [0, 0.05) is 12.6 Å². The lowest BCUT2D eigenvalue weighted by molar-refractivity contribution is -0.153. The van der Waals surface area contributed by atoms with Crippen molar-refractivity contribution in [3.05, 3.63) is 60.2 Å². The summed E-state index contributed by atoms with van der Waals surface area (Å²) in [6, 6.07) is 11.6. The Morgan fingerprint density at radius 1 is 1.10 bits per heavy atom. The zero-order valence-electron chi connectivity index (χ0n) is 15.4. The Labute approximate surface area is 166 Å². The van der Waals surface area contributed by atoms with E-state index in [2.05, 4.69) is 10.0 Å². The van der Waals surface area contributed by atoms with Gasteiger partial charge >= 0.3 is 6.18 Å². The molecule has 0 aliphatic carbocycles. The number of nitrogens with one attached hydrogen (secondary N) is 2. The Morgan fingerprint density at radius 2 is 1.76 bits per heavy atom. The van der Waals surface area contributed by atoms with E-state index in [1.807, 2.05) is 0 Å². The van der Waals surface area contributed by atoms with E-state index in [1.165, 1.54) is 54.6 Å². The van der Waals surface area contributed by atoms with Gasteiger partial charge < -0.3 is 10.1 Å². The highest BCUT2D eigenvalue weighted by Gasteiger charge is 2.28. The molecule has 0 atom stereocenters. The number of para-hydroxylation sites is 2. The summed E-state index contributed by atoms with van der Waals surface area (Å²) in [6.07, 6.45) is -1.88. The molecule has 0 aliphatic heterocycles. The first-order chi connectivity index (χ1) is 13.6. The first-order valence-corrected chi connectivity index (χ1v) is 9.96. The maximum atomic E-state index is 12.3. The minimum Gasteiger partial charge on any atom is -0.482 e. The van der Waals surface area contributed by atoms with E-state index >= 15 is 0 Å². The van der Waals surface area contributed by atoms with Gasteiger partial charge in [0.2, 0.25) is 15.9 Å². The van der Waals surface area contributed by atoms with Gasteiger partial charge in [0.1, 0.15) is 5.75 Å². The van der Waals surface area contributed by atoms with Gasteiger partial charge in [-0.2, -0.15) is 13.2 Å². The third-order valence-electron chi connectivity index (χ3n) is 3.49. The molecule has 2 aromatic carbocycles. The van der Waals surface area contributed by atoms with Crippen LogP contribution in [-0.4, -0.2) is 33.7 Å². The van der Waals surface area contributed by atoms with Gasteiger partial charge in [0.25, 0.3) is 0 Å². The molecule has 0 unspecified atom stereocenters. The van der Waals surface area contributed by atoms with Crippen molar-refractivity contribution in [2.24, 2.45) is 0 Å². The number of rotatable bonds is 8. The van der Waals surface area contributed by atoms with Gasteiger partial charge in [-0.3, -0.25) is 4.79 Å². The maximum Gasteiger partial charge on any atom is 0.422 e. The third-order valence-corrected chi connectivity index (χ3v) is 5.05. The molecule has 0 aliphatic rings. The normalized spacial score (nSPS) is 12.1. The van der Waals surface area contributed by atoms with Gasteiger partial charge in [-0.1, -0.05) is 31.2 Å². The summed E-state index contributed by atoms with van der Waals surface area (Å²) in [5.41, 5.74) is 0.663. The van der Waals surface area contributed by atoms with Crippen molar-refractivity contribution in [1.82, 2.24) is 4.72 Å². The van der Waals surface area contributed by atoms with Gasteiger partial charge in [0.05, 0.1) is 10.6 Å². The summed E-state index contributed by atoms with van der Waals surface area (Å²) < 4.78 is 67.8. The molecule has 0 radical (unpaired) electrons. The summed E-state index contributed by atoms with van der Waals surface area (Å²) >= 11 is 0. The fourth-order valence-electron chi connectivity index (χ4n) is 2.23. The van der Waals surface area contributed by atoms with Crippen molar-refractivity contribution in [2.75, 3.05) is 18.5 Å². The lowest BCUT2D eigenvalue weighted by atomic mass is 10.2. The summed E-state index contributed by atoms with van der Waals surface area (Å²) in [6.45, 7) is 0.454. The zero-order valence-corrected chi connectivity index (χ0v) is 16.2. The minimum absolute atomic E-state index is 0.0942. The Balaban J connectivity index is 2.03. The monoisotopic (exact) mass is 428 g/mol. The van der Waals surface area contributed by atoms with Crippen LogP contribution in [0.2, 0.25) is 0 Å². The van der Waals surface area contributed by atoms with Crippen molar-refractivity contribution in [3.63, 3.8) is 0 Å². The van der Waals surface area contributed by atoms with Crippen LogP contribution in [0.1, 0.15) is 12.5 Å². The van der Waals surface area contributed by atoms with Crippen LogP contribution < -0.4 is 14.8 Å². The molecule has 0 fully saturated rings. The molecule has 0 aromatic heterocycles. The van der Waals surface area contributed by atoms with Crippen LogP contribution in [0.3, 0.4) is 0 Å². The second-order valence-electron chi connectivity index (χ2n) is 5.79. The van der Waals surface area contributed by atoms with Crippen LogP contribution in [0, 0.1) is 0 Å². The number of alkyl halides is 3. The minimum atomic E-state index is -4.50. The smallest absolute Gasteiger partial charge is 0.422 e. The Kier molecular flexibility index (Phi) is 7.40. The molecule has 0 saturated heterocycles. The van der Waals surface area contributed by atoms with Crippen LogP contribution in [0.5, 0.6) is 5.75 Å². The number of carbonyl (C=O) groups excluding carboxylic acids is 1. The fourth-order valence-corrected chi connectivity index (χ4v) is 3.27. The third kappa shape index (κ3) is 7.24. The maximum absolute atomic E-state index is 12.3. The summed E-state index contributed by atoms with van der Waals surface area (Å²) in [5, 5.41) is 2.45. The molecule has 0 saturated carbocycles. The number of carbonyl (C=O) groups is 1. The van der Waals surface area contributed by atoms with Crippen molar-refractivity contribution in [1.29, 1.82) is 0 Å². The topological polar surface area (TPSA) is 84.5 Å². The first-order valence-electron chi connectivity index (χ1n) is 8.48. The summed E-state index contributed by atoms with van der Waals surface area (Å²) in [5.74, 6) is -0.693. The number of sulfonamides is 1. The lowest BCUT2D eigenvalue weighted by Gasteiger charge is -2.13. The van der Waals surface area contributed by atoms with Crippen LogP contribution in [0.15, 0.2) is 59.5 Å². The molecule has 0 bridgehead atoms. The molecule has 0 heterocycles. The highest BCUT2D eigenvalue weighted by Crippen LogP contribution is 2.26. The van der Waals surface area contributed by atoms with Gasteiger partial charge in [-0.25, -0.2) is 13.1 Å². The second-order valence-corrected chi connectivity index (χ2v) is 7.56. The Morgan fingerprint density at radius 3 is 2.38 bits per heavy atom. The van der Waals surface area contributed by atoms with E-state index in [4.69, 9.17) is 4.74 Å². The van der Waals surface area contributed by atoms with Gasteiger partial charge in [0.15, 0.2) is 6.61 Å². The highest BCUT2D eigenvalue weighted by atomic mass is 32.2. The molecular weight excluding hydrogens is 409 g/mol. The number of anilines is 1. The van der Waals surface area contributed by atoms with Crippen molar-refractivity contribution < 1.29 is 31.1 Å². The quantitative estimate of drug-likeness (QED) is 0.630. The van der Waals surface area contributed by atoms with Crippen molar-refractivity contribution in [3.8, 4) is 5.75 Å². The second kappa shape index (κ2) is 9.57. The van der Waals surface area contributed by atoms with Gasteiger partial charge in [-0.05, 0) is 35.9 Å². The number of hydrogen-bond donors (Lipinski definition) is 2.